The van der Waals surface area contributed by atoms with Crippen molar-refractivity contribution in [2.75, 3.05) is 18.5 Å². The summed E-state index contributed by atoms with van der Waals surface area (Å²) in [6.45, 7) is -0.410. The first-order chi connectivity index (χ1) is 7.44. The molecule has 0 aromatic carbocycles. The van der Waals surface area contributed by atoms with E-state index in [1.165, 1.54) is 18.1 Å². The van der Waals surface area contributed by atoms with E-state index in [1.807, 2.05) is 0 Å². The van der Waals surface area contributed by atoms with Crippen LogP contribution in [0.15, 0.2) is 18.3 Å². The van der Waals surface area contributed by atoms with Gasteiger partial charge in [0.1, 0.15) is 5.82 Å². The zero-order valence-electron chi connectivity index (χ0n) is 8.83. The lowest BCUT2D eigenvalue weighted by molar-refractivity contribution is -0.132. The Morgan fingerprint density at radius 3 is 2.69 bits per heavy atom. The van der Waals surface area contributed by atoms with E-state index >= 15 is 0 Å². The zero-order chi connectivity index (χ0) is 12.2. The molecule has 1 heterocycles. The van der Waals surface area contributed by atoms with Crippen LogP contribution in [0.3, 0.4) is 0 Å². The van der Waals surface area contributed by atoms with Gasteiger partial charge in [0.25, 0.3) is 0 Å². The molecule has 0 saturated heterocycles. The van der Waals surface area contributed by atoms with Crippen molar-refractivity contribution in [2.45, 2.75) is 19.2 Å². The molecule has 0 aliphatic heterocycles. The molecule has 0 saturated carbocycles. The van der Waals surface area contributed by atoms with Crippen LogP contribution in [0.2, 0.25) is 0 Å². The van der Waals surface area contributed by atoms with E-state index < -0.39 is 12.6 Å². The van der Waals surface area contributed by atoms with Crippen molar-refractivity contribution in [2.24, 2.45) is 0 Å². The maximum Gasteiger partial charge on any atom is 0.390 e. The number of pyridine rings is 1. The van der Waals surface area contributed by atoms with E-state index in [4.69, 9.17) is 5.11 Å². The van der Waals surface area contributed by atoms with Crippen LogP contribution in [0.1, 0.15) is 12.0 Å². The fourth-order valence-electron chi connectivity index (χ4n) is 1.30. The average Bonchev–Trinajstić information content (AvgIpc) is 2.25. The van der Waals surface area contributed by atoms with Crippen molar-refractivity contribution in [3.8, 4) is 0 Å². The lowest BCUT2D eigenvalue weighted by Gasteiger charge is -2.21. The molecule has 0 bridgehead atoms. The minimum absolute atomic E-state index is 0.173. The van der Waals surface area contributed by atoms with E-state index in [0.717, 1.165) is 0 Å². The maximum absolute atomic E-state index is 12.0. The van der Waals surface area contributed by atoms with Gasteiger partial charge in [0.15, 0.2) is 0 Å². The molecular formula is C10H13F3N2O. The van der Waals surface area contributed by atoms with Crippen molar-refractivity contribution < 1.29 is 18.3 Å². The fourth-order valence-corrected chi connectivity index (χ4v) is 1.30. The molecule has 6 heteroatoms. The molecule has 0 fully saturated rings. The summed E-state index contributed by atoms with van der Waals surface area (Å²) in [5, 5.41) is 9.01. The number of rotatable bonds is 4. The average molecular weight is 234 g/mol. The second-order valence-electron chi connectivity index (χ2n) is 3.43. The second kappa shape index (κ2) is 5.16. The largest absolute Gasteiger partial charge is 0.392 e. The third-order valence-corrected chi connectivity index (χ3v) is 2.13. The molecule has 1 rings (SSSR count). The molecule has 1 N–H and O–H groups in total. The Kier molecular flexibility index (Phi) is 4.12. The van der Waals surface area contributed by atoms with Gasteiger partial charge in [0.05, 0.1) is 13.0 Å². The topological polar surface area (TPSA) is 36.4 Å². The Labute approximate surface area is 91.5 Å². The molecule has 1 aromatic rings. The summed E-state index contributed by atoms with van der Waals surface area (Å²) in [7, 11) is 1.52. The minimum atomic E-state index is -4.18. The SMILES string of the molecule is CN(CCC(F)(F)F)c1ncccc1CO. The van der Waals surface area contributed by atoms with Crippen LogP contribution in [0.5, 0.6) is 0 Å². The smallest absolute Gasteiger partial charge is 0.390 e. The molecular weight excluding hydrogens is 221 g/mol. The molecule has 0 spiro atoms. The van der Waals surface area contributed by atoms with Gasteiger partial charge in [0.2, 0.25) is 0 Å². The van der Waals surface area contributed by atoms with Gasteiger partial charge in [-0.05, 0) is 6.07 Å². The number of alkyl halides is 3. The summed E-state index contributed by atoms with van der Waals surface area (Å²) in [5.41, 5.74) is 0.521. The fraction of sp³-hybridized carbons (Fsp3) is 0.500. The van der Waals surface area contributed by atoms with Crippen molar-refractivity contribution in [3.05, 3.63) is 23.9 Å². The van der Waals surface area contributed by atoms with Crippen LogP contribution in [0.4, 0.5) is 19.0 Å². The second-order valence-corrected chi connectivity index (χ2v) is 3.43. The molecule has 0 amide bonds. The summed E-state index contributed by atoms with van der Waals surface area (Å²) >= 11 is 0. The third-order valence-electron chi connectivity index (χ3n) is 2.13. The van der Waals surface area contributed by atoms with Gasteiger partial charge >= 0.3 is 6.18 Å². The van der Waals surface area contributed by atoms with Crippen molar-refractivity contribution >= 4 is 5.82 Å². The van der Waals surface area contributed by atoms with Crippen molar-refractivity contribution in [3.63, 3.8) is 0 Å². The lowest BCUT2D eigenvalue weighted by atomic mass is 10.2. The number of aliphatic hydroxyl groups is 1. The Morgan fingerprint density at radius 2 is 2.12 bits per heavy atom. The van der Waals surface area contributed by atoms with Crippen LogP contribution in [0.25, 0.3) is 0 Å². The van der Waals surface area contributed by atoms with Gasteiger partial charge in [-0.2, -0.15) is 13.2 Å². The normalized spacial score (nSPS) is 11.6. The van der Waals surface area contributed by atoms with Crippen molar-refractivity contribution in [1.29, 1.82) is 0 Å². The summed E-state index contributed by atoms with van der Waals surface area (Å²) in [4.78, 5) is 5.34. The first-order valence-electron chi connectivity index (χ1n) is 4.76. The van der Waals surface area contributed by atoms with Gasteiger partial charge < -0.3 is 10.0 Å². The summed E-state index contributed by atoms with van der Waals surface area (Å²) in [5.74, 6) is 0.384. The van der Waals surface area contributed by atoms with E-state index in [0.29, 0.717) is 11.4 Å². The van der Waals surface area contributed by atoms with E-state index in [2.05, 4.69) is 4.98 Å². The standard InChI is InChI=1S/C10H13F3N2O/c1-15(6-4-10(11,12)13)9-8(7-16)3-2-5-14-9/h2-3,5,16H,4,6-7H2,1H3. The number of anilines is 1. The number of hydrogen-bond acceptors (Lipinski definition) is 3. The molecule has 1 aromatic heterocycles. The zero-order valence-corrected chi connectivity index (χ0v) is 8.83. The molecule has 0 aliphatic carbocycles. The van der Waals surface area contributed by atoms with Crippen LogP contribution in [-0.4, -0.2) is 29.9 Å². The number of hydrogen-bond donors (Lipinski definition) is 1. The van der Waals surface area contributed by atoms with Crippen molar-refractivity contribution in [1.82, 2.24) is 4.98 Å². The highest BCUT2D eigenvalue weighted by molar-refractivity contribution is 5.45. The molecule has 0 radical (unpaired) electrons. The monoisotopic (exact) mass is 234 g/mol. The maximum atomic E-state index is 12.0. The Bertz CT molecular complexity index is 341. The molecule has 16 heavy (non-hydrogen) atoms. The van der Waals surface area contributed by atoms with E-state index in [9.17, 15) is 13.2 Å². The Morgan fingerprint density at radius 1 is 1.44 bits per heavy atom. The van der Waals surface area contributed by atoms with Gasteiger partial charge in [-0.3, -0.25) is 0 Å². The van der Waals surface area contributed by atoms with Crippen LogP contribution >= 0.6 is 0 Å². The minimum Gasteiger partial charge on any atom is -0.392 e. The van der Waals surface area contributed by atoms with Crippen LogP contribution in [-0.2, 0) is 6.61 Å². The highest BCUT2D eigenvalue weighted by atomic mass is 19.4. The van der Waals surface area contributed by atoms with Crippen LogP contribution < -0.4 is 4.90 Å². The molecule has 0 atom stereocenters. The van der Waals surface area contributed by atoms with Gasteiger partial charge in [-0.15, -0.1) is 0 Å². The number of nitrogens with zero attached hydrogens (tertiary/aromatic N) is 2. The summed E-state index contributed by atoms with van der Waals surface area (Å²) < 4.78 is 36.1. The predicted molar refractivity (Wildman–Crippen MR) is 54.1 cm³/mol. The predicted octanol–water partition coefficient (Wildman–Crippen LogP) is 1.96. The molecule has 90 valence electrons. The highest BCUT2D eigenvalue weighted by Crippen LogP contribution is 2.22. The van der Waals surface area contributed by atoms with Crippen LogP contribution in [0, 0.1) is 0 Å². The quantitative estimate of drug-likeness (QED) is 0.865. The Balaban J connectivity index is 2.69. The highest BCUT2D eigenvalue weighted by Gasteiger charge is 2.27. The summed E-state index contributed by atoms with van der Waals surface area (Å²) in [6, 6.07) is 3.26. The number of aliphatic hydroxyl groups excluding tert-OH is 1. The molecule has 3 nitrogen and oxygen atoms in total. The molecule has 0 aliphatic rings. The number of halogens is 3. The first kappa shape index (κ1) is 12.8. The van der Waals surface area contributed by atoms with Gasteiger partial charge in [-0.1, -0.05) is 6.07 Å². The Hall–Kier alpha value is -1.30. The summed E-state index contributed by atoms with van der Waals surface area (Å²) in [6.07, 6.45) is -3.59. The van der Waals surface area contributed by atoms with E-state index in [-0.39, 0.29) is 13.2 Å². The lowest BCUT2D eigenvalue weighted by Crippen LogP contribution is -2.25. The number of aromatic nitrogens is 1. The van der Waals surface area contributed by atoms with E-state index in [1.54, 1.807) is 12.1 Å². The first-order valence-corrected chi connectivity index (χ1v) is 4.76. The molecule has 0 unspecified atom stereocenters. The third kappa shape index (κ3) is 3.69. The van der Waals surface area contributed by atoms with Gasteiger partial charge in [0, 0.05) is 25.4 Å². The van der Waals surface area contributed by atoms with Gasteiger partial charge in [-0.25, -0.2) is 4.98 Å².